The molecule has 0 atom stereocenters. The first-order valence-electron chi connectivity index (χ1n) is 5.10. The summed E-state index contributed by atoms with van der Waals surface area (Å²) >= 11 is 8.90. The van der Waals surface area contributed by atoms with Gasteiger partial charge >= 0.3 is 0 Å². The minimum Gasteiger partial charge on any atom is -0.268 e. The fourth-order valence-corrected chi connectivity index (χ4v) is 2.06. The summed E-state index contributed by atoms with van der Waals surface area (Å²) in [5.41, 5.74) is 1.57. The molecular weight excluding hydrogens is 321 g/mol. The van der Waals surface area contributed by atoms with Gasteiger partial charge in [0, 0.05) is 22.3 Å². The van der Waals surface area contributed by atoms with Crippen molar-refractivity contribution in [2.45, 2.75) is 12.4 Å². The molecule has 0 bridgehead atoms. The number of aromatic nitrogens is 2. The standard InChI is InChI=1S/C11H9BrClN3O2/c12-10-2-1-9(11(3-10)16(17)18)7-15-6-8(4-13)5-14-15/h1-3,5-6H,4,7H2. The van der Waals surface area contributed by atoms with Gasteiger partial charge < -0.3 is 0 Å². The fraction of sp³-hybridized carbons (Fsp3) is 0.182. The topological polar surface area (TPSA) is 61.0 Å². The molecular formula is C11H9BrClN3O2. The summed E-state index contributed by atoms with van der Waals surface area (Å²) in [4.78, 5) is 10.6. The summed E-state index contributed by atoms with van der Waals surface area (Å²) in [7, 11) is 0. The molecule has 0 saturated carbocycles. The molecule has 0 unspecified atom stereocenters. The molecule has 0 aliphatic heterocycles. The first kappa shape index (κ1) is 13.0. The van der Waals surface area contributed by atoms with Crippen molar-refractivity contribution in [1.29, 1.82) is 0 Å². The van der Waals surface area contributed by atoms with Gasteiger partial charge in [0.25, 0.3) is 5.69 Å². The number of nitrogens with zero attached hydrogens (tertiary/aromatic N) is 3. The monoisotopic (exact) mass is 329 g/mol. The summed E-state index contributed by atoms with van der Waals surface area (Å²) in [6.07, 6.45) is 3.43. The van der Waals surface area contributed by atoms with Gasteiger partial charge in [-0.3, -0.25) is 14.8 Å². The number of hydrogen-bond acceptors (Lipinski definition) is 3. The smallest absolute Gasteiger partial charge is 0.268 e. The quantitative estimate of drug-likeness (QED) is 0.491. The third kappa shape index (κ3) is 2.88. The number of nitro groups is 1. The van der Waals surface area contributed by atoms with E-state index in [-0.39, 0.29) is 5.69 Å². The summed E-state index contributed by atoms with van der Waals surface area (Å²) in [6.45, 7) is 0.348. The highest BCUT2D eigenvalue weighted by molar-refractivity contribution is 9.10. The van der Waals surface area contributed by atoms with Crippen LogP contribution in [0.25, 0.3) is 0 Å². The lowest BCUT2D eigenvalue weighted by Gasteiger charge is -2.03. The number of halogens is 2. The average Bonchev–Trinajstić information content (AvgIpc) is 2.79. The van der Waals surface area contributed by atoms with Crippen LogP contribution in [0.4, 0.5) is 5.69 Å². The van der Waals surface area contributed by atoms with E-state index in [1.54, 1.807) is 29.2 Å². The average molecular weight is 331 g/mol. The first-order chi connectivity index (χ1) is 8.60. The van der Waals surface area contributed by atoms with Gasteiger partial charge in [-0.05, 0) is 12.1 Å². The highest BCUT2D eigenvalue weighted by atomic mass is 79.9. The van der Waals surface area contributed by atoms with E-state index in [1.165, 1.54) is 6.07 Å². The molecule has 0 radical (unpaired) electrons. The van der Waals surface area contributed by atoms with Gasteiger partial charge in [-0.2, -0.15) is 5.10 Å². The van der Waals surface area contributed by atoms with Crippen LogP contribution >= 0.6 is 27.5 Å². The first-order valence-corrected chi connectivity index (χ1v) is 6.43. The van der Waals surface area contributed by atoms with Crippen LogP contribution in [0.2, 0.25) is 0 Å². The Balaban J connectivity index is 2.30. The maximum absolute atomic E-state index is 11.0. The van der Waals surface area contributed by atoms with Crippen LogP contribution < -0.4 is 0 Å². The number of benzene rings is 1. The molecule has 1 heterocycles. The molecule has 18 heavy (non-hydrogen) atoms. The minimum absolute atomic E-state index is 0.0762. The van der Waals surface area contributed by atoms with E-state index in [0.29, 0.717) is 22.5 Å². The Morgan fingerprint density at radius 3 is 2.89 bits per heavy atom. The Kier molecular flexibility index (Phi) is 3.98. The van der Waals surface area contributed by atoms with Gasteiger partial charge in [0.15, 0.2) is 0 Å². The van der Waals surface area contributed by atoms with Crippen molar-refractivity contribution in [3.8, 4) is 0 Å². The van der Waals surface area contributed by atoms with Crippen molar-refractivity contribution in [2.24, 2.45) is 0 Å². The van der Waals surface area contributed by atoms with E-state index in [0.717, 1.165) is 5.56 Å². The second-order valence-corrected chi connectivity index (χ2v) is 4.89. The van der Waals surface area contributed by atoms with Crippen LogP contribution in [-0.2, 0) is 12.4 Å². The molecule has 1 aromatic heterocycles. The number of rotatable bonds is 4. The highest BCUT2D eigenvalue weighted by Gasteiger charge is 2.14. The van der Waals surface area contributed by atoms with Crippen LogP contribution in [0, 0.1) is 10.1 Å². The molecule has 1 aromatic carbocycles. The molecule has 0 amide bonds. The Morgan fingerprint density at radius 2 is 2.28 bits per heavy atom. The molecule has 5 nitrogen and oxygen atoms in total. The molecule has 2 rings (SSSR count). The predicted molar refractivity (Wildman–Crippen MR) is 71.7 cm³/mol. The van der Waals surface area contributed by atoms with Gasteiger partial charge in [0.2, 0.25) is 0 Å². The Morgan fingerprint density at radius 1 is 1.50 bits per heavy atom. The van der Waals surface area contributed by atoms with E-state index in [4.69, 9.17) is 11.6 Å². The second-order valence-electron chi connectivity index (χ2n) is 3.71. The molecule has 0 N–H and O–H groups in total. The second kappa shape index (κ2) is 5.49. The summed E-state index contributed by atoms with van der Waals surface area (Å²) in [6, 6.07) is 4.97. The molecule has 0 saturated heterocycles. The van der Waals surface area contributed by atoms with Gasteiger partial charge in [-0.25, -0.2) is 0 Å². The van der Waals surface area contributed by atoms with Crippen LogP contribution in [0.1, 0.15) is 11.1 Å². The molecule has 0 fully saturated rings. The van der Waals surface area contributed by atoms with Crippen molar-refractivity contribution in [3.05, 3.63) is 56.3 Å². The summed E-state index contributed by atoms with van der Waals surface area (Å²) in [5.74, 6) is 0.377. The van der Waals surface area contributed by atoms with Gasteiger partial charge in [0.1, 0.15) is 0 Å². The van der Waals surface area contributed by atoms with Crippen LogP contribution in [0.5, 0.6) is 0 Å². The van der Waals surface area contributed by atoms with Gasteiger partial charge in [-0.15, -0.1) is 11.6 Å². The summed E-state index contributed by atoms with van der Waals surface area (Å²) < 4.78 is 2.31. The van der Waals surface area contributed by atoms with E-state index in [2.05, 4.69) is 21.0 Å². The highest BCUT2D eigenvalue weighted by Crippen LogP contribution is 2.24. The van der Waals surface area contributed by atoms with Crippen molar-refractivity contribution in [2.75, 3.05) is 0 Å². The zero-order valence-electron chi connectivity index (χ0n) is 9.22. The van der Waals surface area contributed by atoms with E-state index >= 15 is 0 Å². The molecule has 2 aromatic rings. The fourth-order valence-electron chi connectivity index (χ4n) is 1.58. The SMILES string of the molecule is O=[N+]([O-])c1cc(Br)ccc1Cn1cc(CCl)cn1. The Labute approximate surface area is 117 Å². The Bertz CT molecular complexity index is 585. The van der Waals surface area contributed by atoms with E-state index in [1.807, 2.05) is 0 Å². The minimum atomic E-state index is -0.397. The molecule has 7 heteroatoms. The predicted octanol–water partition coefficient (Wildman–Crippen LogP) is 3.34. The maximum atomic E-state index is 11.0. The zero-order chi connectivity index (χ0) is 13.1. The number of nitro benzene ring substituents is 1. The van der Waals surface area contributed by atoms with Crippen LogP contribution in [-0.4, -0.2) is 14.7 Å². The van der Waals surface area contributed by atoms with Gasteiger partial charge in [-0.1, -0.05) is 15.9 Å². The Hall–Kier alpha value is -1.40. The van der Waals surface area contributed by atoms with Gasteiger partial charge in [0.05, 0.1) is 29.1 Å². The molecule has 0 aliphatic rings. The molecule has 94 valence electrons. The third-order valence-electron chi connectivity index (χ3n) is 2.42. The molecule has 0 aliphatic carbocycles. The zero-order valence-corrected chi connectivity index (χ0v) is 11.6. The van der Waals surface area contributed by atoms with Crippen LogP contribution in [0.15, 0.2) is 35.1 Å². The van der Waals surface area contributed by atoms with Crippen molar-refractivity contribution in [1.82, 2.24) is 9.78 Å². The lowest BCUT2D eigenvalue weighted by atomic mass is 10.2. The lowest BCUT2D eigenvalue weighted by Crippen LogP contribution is -2.03. The number of alkyl halides is 1. The normalized spacial score (nSPS) is 10.6. The van der Waals surface area contributed by atoms with E-state index in [9.17, 15) is 10.1 Å². The van der Waals surface area contributed by atoms with Crippen molar-refractivity contribution < 1.29 is 4.92 Å². The maximum Gasteiger partial charge on any atom is 0.275 e. The van der Waals surface area contributed by atoms with Crippen molar-refractivity contribution in [3.63, 3.8) is 0 Å². The lowest BCUT2D eigenvalue weighted by molar-refractivity contribution is -0.385. The number of hydrogen-bond donors (Lipinski definition) is 0. The third-order valence-corrected chi connectivity index (χ3v) is 3.22. The largest absolute Gasteiger partial charge is 0.275 e. The van der Waals surface area contributed by atoms with Crippen molar-refractivity contribution >= 4 is 33.2 Å². The molecule has 0 spiro atoms. The van der Waals surface area contributed by atoms with E-state index < -0.39 is 4.92 Å². The van der Waals surface area contributed by atoms with Crippen LogP contribution in [0.3, 0.4) is 0 Å². The summed E-state index contributed by atoms with van der Waals surface area (Å²) in [5, 5.41) is 15.1.